The lowest BCUT2D eigenvalue weighted by Crippen LogP contribution is -2.59. The van der Waals surface area contributed by atoms with Crippen molar-refractivity contribution >= 4 is 12.0 Å². The van der Waals surface area contributed by atoms with E-state index in [1.165, 1.54) is 18.2 Å². The third kappa shape index (κ3) is 6.24. The molecule has 0 bridgehead atoms. The molecule has 6 atom stereocenters. The van der Waals surface area contributed by atoms with E-state index in [-0.39, 0.29) is 5.75 Å². The number of hydrogen-bond donors (Lipinski definition) is 6. The zero-order valence-corrected chi connectivity index (χ0v) is 14.9. The van der Waals surface area contributed by atoms with Crippen molar-refractivity contribution in [3.05, 3.63) is 35.9 Å². The van der Waals surface area contributed by atoms with Gasteiger partial charge >= 0.3 is 5.97 Å². The molecule has 1 heterocycles. The fourth-order valence-corrected chi connectivity index (χ4v) is 2.44. The van der Waals surface area contributed by atoms with Crippen LogP contribution in [0.25, 0.3) is 6.08 Å². The first-order valence-corrected chi connectivity index (χ1v) is 8.56. The molecule has 10 nitrogen and oxygen atoms in total. The van der Waals surface area contributed by atoms with Crippen molar-refractivity contribution in [3.63, 3.8) is 0 Å². The number of ether oxygens (including phenoxy) is 3. The van der Waals surface area contributed by atoms with Gasteiger partial charge < -0.3 is 44.8 Å². The predicted molar refractivity (Wildman–Crippen MR) is 93.8 cm³/mol. The van der Waals surface area contributed by atoms with Gasteiger partial charge in [0.25, 0.3) is 0 Å². The largest absolute Gasteiger partial charge is 0.508 e. The highest BCUT2D eigenvalue weighted by Gasteiger charge is 2.44. The Labute approximate surface area is 160 Å². The molecule has 1 aromatic carbocycles. The minimum atomic E-state index is -1.59. The van der Waals surface area contributed by atoms with Gasteiger partial charge in [0.1, 0.15) is 42.9 Å². The van der Waals surface area contributed by atoms with Gasteiger partial charge in [0.2, 0.25) is 0 Å². The number of carbonyl (C=O) groups is 1. The van der Waals surface area contributed by atoms with Gasteiger partial charge in [-0.3, -0.25) is 0 Å². The van der Waals surface area contributed by atoms with Gasteiger partial charge in [-0.15, -0.1) is 0 Å². The summed E-state index contributed by atoms with van der Waals surface area (Å²) in [5, 5.41) is 57.2. The summed E-state index contributed by atoms with van der Waals surface area (Å²) in [4.78, 5) is 11.6. The quantitative estimate of drug-likeness (QED) is 0.215. The molecule has 1 aromatic rings. The Morgan fingerprint density at radius 3 is 2.43 bits per heavy atom. The molecule has 6 N–H and O–H groups in total. The van der Waals surface area contributed by atoms with Crippen LogP contribution in [-0.2, 0) is 19.0 Å². The summed E-state index contributed by atoms with van der Waals surface area (Å²) in [5.74, 6) is -0.609. The van der Waals surface area contributed by atoms with E-state index in [4.69, 9.17) is 19.3 Å². The summed E-state index contributed by atoms with van der Waals surface area (Å²) >= 11 is 0. The lowest BCUT2D eigenvalue weighted by Gasteiger charge is -2.39. The molecular formula is C18H24O10. The first-order valence-electron chi connectivity index (χ1n) is 8.56. The van der Waals surface area contributed by atoms with Crippen LogP contribution in [0.4, 0.5) is 0 Å². The molecule has 5 unspecified atom stereocenters. The number of carbonyl (C=O) groups excluding carboxylic acids is 1. The maximum absolute atomic E-state index is 11.6. The standard InChI is InChI=1S/C18H24O10/c19-7-13-15(23)16(24)17(25)18(28-13)27-9-12(21)8-26-14(22)6-3-10-1-4-11(20)5-2-10/h1-6,12-13,15-21,23-25H,7-9H2/t12-,13?,15?,16?,17?,18?/m1/s1. The van der Waals surface area contributed by atoms with Gasteiger partial charge in [0, 0.05) is 6.08 Å². The van der Waals surface area contributed by atoms with E-state index in [1.54, 1.807) is 12.1 Å². The van der Waals surface area contributed by atoms with Gasteiger partial charge in [-0.2, -0.15) is 0 Å². The Morgan fingerprint density at radius 2 is 1.79 bits per heavy atom. The minimum absolute atomic E-state index is 0.0993. The number of hydrogen-bond acceptors (Lipinski definition) is 10. The zero-order valence-electron chi connectivity index (χ0n) is 14.9. The number of aromatic hydroxyl groups is 1. The second-order valence-corrected chi connectivity index (χ2v) is 6.24. The van der Waals surface area contributed by atoms with E-state index in [9.17, 15) is 30.3 Å². The van der Waals surface area contributed by atoms with Gasteiger partial charge in [0.15, 0.2) is 6.29 Å². The van der Waals surface area contributed by atoms with E-state index in [0.29, 0.717) is 5.56 Å². The maximum Gasteiger partial charge on any atom is 0.330 e. The first kappa shape index (κ1) is 22.2. The van der Waals surface area contributed by atoms with E-state index in [0.717, 1.165) is 6.08 Å². The predicted octanol–water partition coefficient (Wildman–Crippen LogP) is -1.87. The second-order valence-electron chi connectivity index (χ2n) is 6.24. The van der Waals surface area contributed by atoms with Crippen molar-refractivity contribution in [2.24, 2.45) is 0 Å². The molecule has 28 heavy (non-hydrogen) atoms. The van der Waals surface area contributed by atoms with Gasteiger partial charge in [-0.05, 0) is 23.8 Å². The number of esters is 1. The number of phenolic OH excluding ortho intramolecular Hbond substituents is 1. The Kier molecular flexibility index (Phi) is 8.33. The van der Waals surface area contributed by atoms with Gasteiger partial charge in [-0.1, -0.05) is 12.1 Å². The molecule has 156 valence electrons. The second kappa shape index (κ2) is 10.5. The van der Waals surface area contributed by atoms with Crippen molar-refractivity contribution in [2.45, 2.75) is 36.8 Å². The summed E-state index contributed by atoms with van der Waals surface area (Å²) < 4.78 is 15.1. The first-order chi connectivity index (χ1) is 13.3. The molecule has 0 amide bonds. The fraction of sp³-hybridized carbons (Fsp3) is 0.500. The van der Waals surface area contributed by atoms with Crippen molar-refractivity contribution < 1.29 is 49.6 Å². The molecule has 1 saturated heterocycles. The Bertz CT molecular complexity index is 644. The van der Waals surface area contributed by atoms with Crippen LogP contribution < -0.4 is 0 Å². The highest BCUT2D eigenvalue weighted by Crippen LogP contribution is 2.22. The normalized spacial score (nSPS) is 29.0. The highest BCUT2D eigenvalue weighted by molar-refractivity contribution is 5.87. The third-order valence-electron chi connectivity index (χ3n) is 4.02. The zero-order chi connectivity index (χ0) is 20.7. The van der Waals surface area contributed by atoms with Crippen molar-refractivity contribution in [1.82, 2.24) is 0 Å². The van der Waals surface area contributed by atoms with E-state index < -0.39 is 62.6 Å². The Hall–Kier alpha value is -2.05. The number of rotatable bonds is 8. The molecule has 0 radical (unpaired) electrons. The monoisotopic (exact) mass is 400 g/mol. The van der Waals surface area contributed by atoms with Crippen LogP contribution in [0.3, 0.4) is 0 Å². The van der Waals surface area contributed by atoms with Crippen molar-refractivity contribution in [2.75, 3.05) is 19.8 Å². The summed E-state index contributed by atoms with van der Waals surface area (Å²) in [7, 11) is 0. The van der Waals surface area contributed by atoms with Crippen LogP contribution in [0.15, 0.2) is 30.3 Å². The molecule has 0 aromatic heterocycles. The van der Waals surface area contributed by atoms with Crippen molar-refractivity contribution in [1.29, 1.82) is 0 Å². The Morgan fingerprint density at radius 1 is 1.11 bits per heavy atom. The molecule has 0 aliphatic carbocycles. The smallest absolute Gasteiger partial charge is 0.330 e. The van der Waals surface area contributed by atoms with Crippen LogP contribution in [0.5, 0.6) is 5.75 Å². The fourth-order valence-electron chi connectivity index (χ4n) is 2.44. The van der Waals surface area contributed by atoms with Crippen molar-refractivity contribution in [3.8, 4) is 5.75 Å². The van der Waals surface area contributed by atoms with Crippen LogP contribution >= 0.6 is 0 Å². The van der Waals surface area contributed by atoms with Gasteiger partial charge in [-0.25, -0.2) is 4.79 Å². The summed E-state index contributed by atoms with van der Waals surface area (Å²) in [6.07, 6.45) is -5.80. The van der Waals surface area contributed by atoms with Crippen LogP contribution in [-0.4, -0.2) is 93.2 Å². The third-order valence-corrected chi connectivity index (χ3v) is 4.02. The average molecular weight is 400 g/mol. The highest BCUT2D eigenvalue weighted by atomic mass is 16.7. The molecule has 2 rings (SSSR count). The number of aliphatic hydroxyl groups is 5. The Balaban J connectivity index is 1.73. The lowest BCUT2D eigenvalue weighted by atomic mass is 9.99. The SMILES string of the molecule is O=C(C=Cc1ccc(O)cc1)OC[C@@H](O)COC1OC(CO)C(O)C(O)C1O. The number of aliphatic hydroxyl groups excluding tert-OH is 5. The minimum Gasteiger partial charge on any atom is -0.508 e. The average Bonchev–Trinajstić information content (AvgIpc) is 2.69. The summed E-state index contributed by atoms with van der Waals surface area (Å²) in [6.45, 7) is -1.38. The summed E-state index contributed by atoms with van der Waals surface area (Å²) in [5.41, 5.74) is 0.668. The van der Waals surface area contributed by atoms with E-state index in [2.05, 4.69) is 0 Å². The molecule has 1 aliphatic rings. The molecular weight excluding hydrogens is 376 g/mol. The van der Waals surface area contributed by atoms with Crippen LogP contribution in [0.1, 0.15) is 5.56 Å². The summed E-state index contributed by atoms with van der Waals surface area (Å²) in [6, 6.07) is 6.13. The number of phenols is 1. The lowest BCUT2D eigenvalue weighted by molar-refractivity contribution is -0.304. The van der Waals surface area contributed by atoms with Gasteiger partial charge in [0.05, 0.1) is 13.2 Å². The molecule has 1 aliphatic heterocycles. The maximum atomic E-state index is 11.6. The molecule has 0 saturated carbocycles. The van der Waals surface area contributed by atoms with Crippen LogP contribution in [0.2, 0.25) is 0 Å². The van der Waals surface area contributed by atoms with Crippen LogP contribution in [0, 0.1) is 0 Å². The molecule has 0 spiro atoms. The topological polar surface area (TPSA) is 166 Å². The molecule has 1 fully saturated rings. The van der Waals surface area contributed by atoms with E-state index >= 15 is 0 Å². The number of benzene rings is 1. The van der Waals surface area contributed by atoms with E-state index in [1.807, 2.05) is 0 Å². The molecule has 10 heteroatoms.